The summed E-state index contributed by atoms with van der Waals surface area (Å²) in [5, 5.41) is 0. The number of hydrogen-bond donors (Lipinski definition) is 0. The summed E-state index contributed by atoms with van der Waals surface area (Å²) in [5.74, 6) is 4.76. The van der Waals surface area contributed by atoms with Gasteiger partial charge in [-0.05, 0) is 35.5 Å². The fraction of sp³-hybridized carbons (Fsp3) is 1.00. The van der Waals surface area contributed by atoms with E-state index >= 15 is 0 Å². The van der Waals surface area contributed by atoms with Gasteiger partial charge < -0.3 is 0 Å². The van der Waals surface area contributed by atoms with Gasteiger partial charge in [-0.15, -0.1) is 0 Å². The van der Waals surface area contributed by atoms with Crippen LogP contribution in [0, 0.1) is 29.1 Å². The Morgan fingerprint density at radius 2 is 2.22 bits per heavy atom. The van der Waals surface area contributed by atoms with Gasteiger partial charge in [-0.3, -0.25) is 0 Å². The molecular weight excluding hydrogens is 108 g/mol. The molecule has 0 heterocycles. The molecule has 50 valence electrons. The Morgan fingerprint density at radius 1 is 1.44 bits per heavy atom. The Kier molecular flexibility index (Phi) is 0.518. The molecule has 0 aromatic carbocycles. The van der Waals surface area contributed by atoms with Crippen LogP contribution >= 0.6 is 0 Å². The van der Waals surface area contributed by atoms with Gasteiger partial charge in [-0.1, -0.05) is 20.3 Å². The van der Waals surface area contributed by atoms with Gasteiger partial charge in [0.2, 0.25) is 0 Å². The van der Waals surface area contributed by atoms with E-state index in [0.29, 0.717) is 0 Å². The van der Waals surface area contributed by atoms with E-state index in [-0.39, 0.29) is 0 Å². The van der Waals surface area contributed by atoms with Crippen LogP contribution in [0.5, 0.6) is 0 Å². The molecule has 0 bridgehead atoms. The van der Waals surface area contributed by atoms with Gasteiger partial charge in [0.15, 0.2) is 0 Å². The first kappa shape index (κ1) is 4.76. The highest BCUT2D eigenvalue weighted by Gasteiger charge is 2.90. The molecule has 0 heteroatoms. The molecule has 0 radical (unpaired) electrons. The zero-order valence-electron chi connectivity index (χ0n) is 6.22. The molecule has 0 N–H and O–H groups in total. The summed E-state index contributed by atoms with van der Waals surface area (Å²) in [5.41, 5.74) is 0.987. The van der Waals surface area contributed by atoms with Crippen LogP contribution in [0.4, 0.5) is 0 Å². The first-order valence-corrected chi connectivity index (χ1v) is 4.32. The zero-order valence-corrected chi connectivity index (χ0v) is 6.22. The lowest BCUT2D eigenvalue weighted by atomic mass is 9.70. The quantitative estimate of drug-likeness (QED) is 0.500. The second kappa shape index (κ2) is 0.980. The van der Waals surface area contributed by atoms with Gasteiger partial charge in [0.05, 0.1) is 0 Å². The molecule has 3 aliphatic carbocycles. The van der Waals surface area contributed by atoms with Gasteiger partial charge in [-0.25, -0.2) is 0 Å². The molecule has 0 saturated heterocycles. The zero-order chi connectivity index (χ0) is 6.22. The molecule has 0 aliphatic heterocycles. The second-order valence-corrected chi connectivity index (χ2v) is 4.33. The van der Waals surface area contributed by atoms with Crippen molar-refractivity contribution in [3.05, 3.63) is 0 Å². The maximum Gasteiger partial charge on any atom is -0.0198 e. The van der Waals surface area contributed by atoms with Gasteiger partial charge in [0.1, 0.15) is 0 Å². The molecule has 0 aromatic rings. The lowest BCUT2D eigenvalue weighted by Gasteiger charge is -2.35. The molecule has 5 atom stereocenters. The molecule has 3 saturated carbocycles. The van der Waals surface area contributed by atoms with Gasteiger partial charge in [-0.2, -0.15) is 0 Å². The molecule has 3 aliphatic rings. The van der Waals surface area contributed by atoms with Crippen LogP contribution in [-0.4, -0.2) is 0 Å². The molecule has 3 fully saturated rings. The van der Waals surface area contributed by atoms with Gasteiger partial charge >= 0.3 is 0 Å². The van der Waals surface area contributed by atoms with Crippen molar-refractivity contribution < 1.29 is 0 Å². The fourth-order valence-electron chi connectivity index (χ4n) is 3.72. The van der Waals surface area contributed by atoms with E-state index in [1.54, 1.807) is 6.42 Å². The molecule has 3 rings (SSSR count). The third-order valence-electron chi connectivity index (χ3n) is 4.44. The SMILES string of the molecule is CCC1CC23C(C)C2C13. The standard InChI is InChI=1S/C9H14/c1-3-6-4-9-5(2)7(9)8(6)9/h5-8H,3-4H2,1-2H3. The van der Waals surface area contributed by atoms with Gasteiger partial charge in [0.25, 0.3) is 0 Å². The molecule has 0 aromatic heterocycles. The minimum Gasteiger partial charge on any atom is -0.0651 e. The smallest absolute Gasteiger partial charge is 0.0198 e. The largest absolute Gasteiger partial charge is 0.0651 e. The highest BCUT2D eigenvalue weighted by Crippen LogP contribution is 2.95. The van der Waals surface area contributed by atoms with E-state index in [2.05, 4.69) is 13.8 Å². The maximum absolute atomic E-state index is 2.44. The van der Waals surface area contributed by atoms with E-state index in [0.717, 1.165) is 17.3 Å². The summed E-state index contributed by atoms with van der Waals surface area (Å²) in [6.45, 7) is 4.78. The molecule has 0 amide bonds. The minimum atomic E-state index is 0.987. The van der Waals surface area contributed by atoms with Crippen molar-refractivity contribution in [2.75, 3.05) is 0 Å². The second-order valence-electron chi connectivity index (χ2n) is 4.33. The highest BCUT2D eigenvalue weighted by molar-refractivity contribution is 5.37. The van der Waals surface area contributed by atoms with Crippen LogP contribution in [0.15, 0.2) is 0 Å². The topological polar surface area (TPSA) is 0 Å². The Morgan fingerprint density at radius 3 is 2.56 bits per heavy atom. The average Bonchev–Trinajstić information content (AvgIpc) is 2.55. The highest BCUT2D eigenvalue weighted by atomic mass is 14.9. The van der Waals surface area contributed by atoms with Crippen molar-refractivity contribution in [2.45, 2.75) is 26.7 Å². The van der Waals surface area contributed by atoms with Crippen molar-refractivity contribution in [3.8, 4) is 0 Å². The Labute approximate surface area is 56.6 Å². The molecule has 0 nitrogen and oxygen atoms in total. The van der Waals surface area contributed by atoms with Crippen LogP contribution in [0.2, 0.25) is 0 Å². The van der Waals surface area contributed by atoms with E-state index in [1.165, 1.54) is 18.3 Å². The maximum atomic E-state index is 2.44. The Balaban J connectivity index is 1.77. The molecular formula is C9H14. The molecule has 5 unspecified atom stereocenters. The number of fused-ring (bicyclic) bond motifs is 1. The number of rotatable bonds is 1. The third kappa shape index (κ3) is 0.264. The minimum absolute atomic E-state index is 0.987. The van der Waals surface area contributed by atoms with Crippen LogP contribution in [0.25, 0.3) is 0 Å². The van der Waals surface area contributed by atoms with Crippen molar-refractivity contribution in [3.63, 3.8) is 0 Å². The molecule has 9 heavy (non-hydrogen) atoms. The van der Waals surface area contributed by atoms with E-state index in [9.17, 15) is 0 Å². The van der Waals surface area contributed by atoms with Crippen LogP contribution < -0.4 is 0 Å². The first-order valence-electron chi connectivity index (χ1n) is 4.32. The van der Waals surface area contributed by atoms with Crippen LogP contribution in [0.3, 0.4) is 0 Å². The van der Waals surface area contributed by atoms with Crippen molar-refractivity contribution in [1.29, 1.82) is 0 Å². The third-order valence-corrected chi connectivity index (χ3v) is 4.44. The monoisotopic (exact) mass is 122 g/mol. The first-order chi connectivity index (χ1) is 4.32. The fourth-order valence-corrected chi connectivity index (χ4v) is 3.72. The van der Waals surface area contributed by atoms with Crippen LogP contribution in [-0.2, 0) is 0 Å². The predicted octanol–water partition coefficient (Wildman–Crippen LogP) is 2.30. The molecule has 1 spiro atoms. The van der Waals surface area contributed by atoms with E-state index in [4.69, 9.17) is 0 Å². The van der Waals surface area contributed by atoms with Crippen molar-refractivity contribution in [1.82, 2.24) is 0 Å². The number of hydrogen-bond acceptors (Lipinski definition) is 0. The van der Waals surface area contributed by atoms with Crippen LogP contribution in [0.1, 0.15) is 26.7 Å². The van der Waals surface area contributed by atoms with E-state index < -0.39 is 0 Å². The van der Waals surface area contributed by atoms with Crippen molar-refractivity contribution >= 4 is 0 Å². The lowest BCUT2D eigenvalue weighted by molar-refractivity contribution is 0.135. The predicted molar refractivity (Wildman–Crippen MR) is 37.0 cm³/mol. The average molecular weight is 122 g/mol. The lowest BCUT2D eigenvalue weighted by Crippen LogP contribution is -2.28. The van der Waals surface area contributed by atoms with Gasteiger partial charge in [0, 0.05) is 0 Å². The summed E-state index contributed by atoms with van der Waals surface area (Å²) in [4.78, 5) is 0. The summed E-state index contributed by atoms with van der Waals surface area (Å²) in [6.07, 6.45) is 3.05. The van der Waals surface area contributed by atoms with E-state index in [1.807, 2.05) is 0 Å². The normalized spacial score (nSPS) is 74.0. The summed E-state index contributed by atoms with van der Waals surface area (Å²) in [6, 6.07) is 0. The van der Waals surface area contributed by atoms with Crippen molar-refractivity contribution in [2.24, 2.45) is 29.1 Å². The summed E-state index contributed by atoms with van der Waals surface area (Å²) < 4.78 is 0. The Hall–Kier alpha value is 0. The summed E-state index contributed by atoms with van der Waals surface area (Å²) in [7, 11) is 0. The summed E-state index contributed by atoms with van der Waals surface area (Å²) >= 11 is 0. The Bertz CT molecular complexity index is 171.